The Hall–Kier alpha value is -2.69. The zero-order chi connectivity index (χ0) is 15.9. The van der Waals surface area contributed by atoms with Crippen molar-refractivity contribution >= 4 is 21.9 Å². The Bertz CT molecular complexity index is 914. The van der Waals surface area contributed by atoms with Crippen molar-refractivity contribution in [3.05, 3.63) is 47.5 Å². The molecule has 1 aromatic carbocycles. The standard InChI is InChI=1S/C17H16O5/c1-5-17(2,3)22-16-14-11(8-9-20-14)13(19-4)10-6-7-12(18)21-15(10)16/h5-9H,1H2,2-4H3. The molecule has 0 aliphatic carbocycles. The van der Waals surface area contributed by atoms with Gasteiger partial charge in [0.2, 0.25) is 5.75 Å². The first kappa shape index (κ1) is 14.3. The van der Waals surface area contributed by atoms with Crippen molar-refractivity contribution in [1.29, 1.82) is 0 Å². The summed E-state index contributed by atoms with van der Waals surface area (Å²) in [6.45, 7) is 7.46. The van der Waals surface area contributed by atoms with Crippen LogP contribution in [0, 0.1) is 0 Å². The molecule has 0 N–H and O–H groups in total. The van der Waals surface area contributed by atoms with E-state index in [4.69, 9.17) is 18.3 Å². The van der Waals surface area contributed by atoms with Crippen molar-refractivity contribution in [2.75, 3.05) is 7.11 Å². The number of methoxy groups -OCH3 is 1. The van der Waals surface area contributed by atoms with Gasteiger partial charge in [0.1, 0.15) is 11.4 Å². The van der Waals surface area contributed by atoms with Gasteiger partial charge in [0, 0.05) is 6.07 Å². The summed E-state index contributed by atoms with van der Waals surface area (Å²) in [7, 11) is 1.56. The minimum absolute atomic E-state index is 0.293. The molecule has 0 saturated carbocycles. The van der Waals surface area contributed by atoms with Gasteiger partial charge in [-0.05, 0) is 32.1 Å². The lowest BCUT2D eigenvalue weighted by Crippen LogP contribution is -2.25. The third kappa shape index (κ3) is 2.15. The second-order valence-corrected chi connectivity index (χ2v) is 5.43. The largest absolute Gasteiger partial charge is 0.495 e. The quantitative estimate of drug-likeness (QED) is 0.540. The lowest BCUT2D eigenvalue weighted by molar-refractivity contribution is 0.163. The van der Waals surface area contributed by atoms with Crippen LogP contribution < -0.4 is 15.1 Å². The highest BCUT2D eigenvalue weighted by atomic mass is 16.5. The molecule has 3 rings (SSSR count). The van der Waals surface area contributed by atoms with Crippen LogP contribution in [0.15, 0.2) is 50.7 Å². The van der Waals surface area contributed by atoms with E-state index in [1.165, 1.54) is 12.3 Å². The van der Waals surface area contributed by atoms with Crippen LogP contribution in [0.3, 0.4) is 0 Å². The van der Waals surface area contributed by atoms with Gasteiger partial charge < -0.3 is 18.3 Å². The average molecular weight is 300 g/mol. The normalized spacial score (nSPS) is 11.8. The molecule has 0 unspecified atom stereocenters. The monoisotopic (exact) mass is 300 g/mol. The van der Waals surface area contributed by atoms with E-state index in [1.54, 1.807) is 25.3 Å². The predicted molar refractivity (Wildman–Crippen MR) is 83.7 cm³/mol. The van der Waals surface area contributed by atoms with Crippen molar-refractivity contribution in [3.8, 4) is 11.5 Å². The molecule has 0 aliphatic heterocycles. The summed E-state index contributed by atoms with van der Waals surface area (Å²) in [4.78, 5) is 11.6. The van der Waals surface area contributed by atoms with Gasteiger partial charge in [0.25, 0.3) is 0 Å². The number of hydrogen-bond donors (Lipinski definition) is 0. The van der Waals surface area contributed by atoms with Crippen LogP contribution in [-0.4, -0.2) is 12.7 Å². The van der Waals surface area contributed by atoms with Gasteiger partial charge in [-0.2, -0.15) is 0 Å². The van der Waals surface area contributed by atoms with Gasteiger partial charge in [-0.3, -0.25) is 0 Å². The molecule has 0 fully saturated rings. The van der Waals surface area contributed by atoms with Crippen LogP contribution in [0.25, 0.3) is 21.9 Å². The molecule has 0 bridgehead atoms. The van der Waals surface area contributed by atoms with E-state index in [0.717, 1.165) is 5.39 Å². The number of rotatable bonds is 4. The molecular formula is C17H16O5. The fourth-order valence-electron chi connectivity index (χ4n) is 2.29. The summed E-state index contributed by atoms with van der Waals surface area (Å²) in [5.74, 6) is 0.935. The van der Waals surface area contributed by atoms with Crippen LogP contribution in [0.2, 0.25) is 0 Å². The van der Waals surface area contributed by atoms with E-state index in [2.05, 4.69) is 6.58 Å². The Kier molecular flexibility index (Phi) is 3.20. The van der Waals surface area contributed by atoms with Crippen LogP contribution in [-0.2, 0) is 0 Å². The Morgan fingerprint density at radius 2 is 1.86 bits per heavy atom. The Morgan fingerprint density at radius 1 is 1.14 bits per heavy atom. The van der Waals surface area contributed by atoms with Crippen LogP contribution in [0.1, 0.15) is 13.8 Å². The van der Waals surface area contributed by atoms with Crippen LogP contribution >= 0.6 is 0 Å². The van der Waals surface area contributed by atoms with Crippen molar-refractivity contribution in [2.45, 2.75) is 19.4 Å². The fourth-order valence-corrected chi connectivity index (χ4v) is 2.29. The molecule has 0 radical (unpaired) electrons. The van der Waals surface area contributed by atoms with Crippen molar-refractivity contribution in [1.82, 2.24) is 0 Å². The van der Waals surface area contributed by atoms with Gasteiger partial charge in [-0.1, -0.05) is 6.58 Å². The Balaban J connectivity index is 2.45. The van der Waals surface area contributed by atoms with Crippen LogP contribution in [0.5, 0.6) is 11.5 Å². The Morgan fingerprint density at radius 3 is 2.55 bits per heavy atom. The number of ether oxygens (including phenoxy) is 2. The summed E-state index contributed by atoms with van der Waals surface area (Å²) in [5.41, 5.74) is -0.368. The van der Waals surface area contributed by atoms with E-state index >= 15 is 0 Å². The fraction of sp³-hybridized carbons (Fsp3) is 0.235. The maximum absolute atomic E-state index is 11.6. The molecule has 2 heterocycles. The molecule has 2 aromatic heterocycles. The van der Waals surface area contributed by atoms with E-state index < -0.39 is 11.2 Å². The highest BCUT2D eigenvalue weighted by Crippen LogP contribution is 2.43. The van der Waals surface area contributed by atoms with E-state index in [-0.39, 0.29) is 0 Å². The first-order chi connectivity index (χ1) is 10.5. The zero-order valence-corrected chi connectivity index (χ0v) is 12.6. The zero-order valence-electron chi connectivity index (χ0n) is 12.6. The molecule has 0 spiro atoms. The lowest BCUT2D eigenvalue weighted by atomic mass is 10.1. The van der Waals surface area contributed by atoms with Gasteiger partial charge >= 0.3 is 5.63 Å². The molecule has 0 amide bonds. The van der Waals surface area contributed by atoms with E-state index in [0.29, 0.717) is 28.1 Å². The highest BCUT2D eigenvalue weighted by Gasteiger charge is 2.25. The van der Waals surface area contributed by atoms with Gasteiger partial charge in [-0.25, -0.2) is 4.79 Å². The maximum atomic E-state index is 11.6. The summed E-state index contributed by atoms with van der Waals surface area (Å²) >= 11 is 0. The molecule has 114 valence electrons. The first-order valence-electron chi connectivity index (χ1n) is 6.80. The molecule has 5 nitrogen and oxygen atoms in total. The third-order valence-electron chi connectivity index (χ3n) is 3.46. The van der Waals surface area contributed by atoms with Gasteiger partial charge in [-0.15, -0.1) is 0 Å². The number of benzene rings is 1. The summed E-state index contributed by atoms with van der Waals surface area (Å²) in [6, 6.07) is 4.78. The Labute approximate surface area is 126 Å². The van der Waals surface area contributed by atoms with Crippen LogP contribution in [0.4, 0.5) is 0 Å². The highest BCUT2D eigenvalue weighted by molar-refractivity contribution is 6.06. The summed E-state index contributed by atoms with van der Waals surface area (Å²) in [6.07, 6.45) is 3.21. The molecular weight excluding hydrogens is 284 g/mol. The minimum atomic E-state index is -0.657. The molecule has 3 aromatic rings. The first-order valence-corrected chi connectivity index (χ1v) is 6.80. The number of fused-ring (bicyclic) bond motifs is 2. The topological polar surface area (TPSA) is 61.8 Å². The lowest BCUT2D eigenvalue weighted by Gasteiger charge is -2.23. The molecule has 5 heteroatoms. The molecule has 0 atom stereocenters. The second-order valence-electron chi connectivity index (χ2n) is 5.43. The average Bonchev–Trinajstić information content (AvgIpc) is 2.97. The summed E-state index contributed by atoms with van der Waals surface area (Å²) in [5, 5.41) is 1.39. The smallest absolute Gasteiger partial charge is 0.336 e. The summed E-state index contributed by atoms with van der Waals surface area (Å²) < 4.78 is 22.3. The van der Waals surface area contributed by atoms with Gasteiger partial charge in [0.15, 0.2) is 11.2 Å². The number of hydrogen-bond acceptors (Lipinski definition) is 5. The maximum Gasteiger partial charge on any atom is 0.336 e. The second kappa shape index (κ2) is 4.94. The number of furan rings is 1. The minimum Gasteiger partial charge on any atom is -0.495 e. The predicted octanol–water partition coefficient (Wildman–Crippen LogP) is 3.89. The van der Waals surface area contributed by atoms with Crippen molar-refractivity contribution in [2.24, 2.45) is 0 Å². The molecule has 0 saturated heterocycles. The molecule has 0 aliphatic rings. The third-order valence-corrected chi connectivity index (χ3v) is 3.46. The van der Waals surface area contributed by atoms with E-state index in [1.807, 2.05) is 13.8 Å². The van der Waals surface area contributed by atoms with Gasteiger partial charge in [0.05, 0.1) is 24.1 Å². The van der Waals surface area contributed by atoms with E-state index in [9.17, 15) is 4.79 Å². The van der Waals surface area contributed by atoms with Crippen molar-refractivity contribution in [3.63, 3.8) is 0 Å². The molecule has 22 heavy (non-hydrogen) atoms. The van der Waals surface area contributed by atoms with Crippen molar-refractivity contribution < 1.29 is 18.3 Å². The SMILES string of the molecule is C=CC(C)(C)Oc1c2occc2c(OC)c2ccc(=O)oc12.